The van der Waals surface area contributed by atoms with Crippen molar-refractivity contribution in [3.63, 3.8) is 0 Å². The van der Waals surface area contributed by atoms with E-state index in [1.54, 1.807) is 36.4 Å². The summed E-state index contributed by atoms with van der Waals surface area (Å²) in [6, 6.07) is 13.5. The third-order valence-corrected chi connectivity index (χ3v) is 5.08. The standard InChI is InChI=1S/C14H12BrN3O3S/c15-9-4-3-5-10(8-9)16-14(19)13-17-11-6-1-2-7-12(11)22(20,21)18-13/h1-8,13,17-18H,(H,16,19). The van der Waals surface area contributed by atoms with Crippen LogP contribution < -0.4 is 15.4 Å². The van der Waals surface area contributed by atoms with Crippen LogP contribution in [0.5, 0.6) is 0 Å². The number of para-hydroxylation sites is 1. The number of sulfonamides is 1. The summed E-state index contributed by atoms with van der Waals surface area (Å²) in [4.78, 5) is 12.4. The molecule has 1 heterocycles. The smallest absolute Gasteiger partial charge is 0.262 e. The maximum Gasteiger partial charge on any atom is 0.262 e. The highest BCUT2D eigenvalue weighted by Gasteiger charge is 2.32. The number of anilines is 2. The number of fused-ring (bicyclic) bond motifs is 1. The molecule has 0 saturated heterocycles. The Morgan fingerprint density at radius 1 is 1.14 bits per heavy atom. The van der Waals surface area contributed by atoms with Crippen LogP contribution in [0, 0.1) is 0 Å². The van der Waals surface area contributed by atoms with Gasteiger partial charge in [0, 0.05) is 10.2 Å². The van der Waals surface area contributed by atoms with E-state index < -0.39 is 22.1 Å². The van der Waals surface area contributed by atoms with Gasteiger partial charge in [-0.1, -0.05) is 34.1 Å². The number of amides is 1. The van der Waals surface area contributed by atoms with Crippen LogP contribution in [0.1, 0.15) is 0 Å². The van der Waals surface area contributed by atoms with Crippen molar-refractivity contribution >= 4 is 43.2 Å². The van der Waals surface area contributed by atoms with Gasteiger partial charge in [0.05, 0.1) is 5.69 Å². The summed E-state index contributed by atoms with van der Waals surface area (Å²) in [5.74, 6) is -0.490. The molecule has 0 fully saturated rings. The van der Waals surface area contributed by atoms with Crippen LogP contribution in [-0.2, 0) is 14.8 Å². The molecule has 1 aliphatic rings. The largest absolute Gasteiger partial charge is 0.360 e. The number of hydrogen-bond acceptors (Lipinski definition) is 4. The number of carbonyl (C=O) groups is 1. The molecule has 0 aromatic heterocycles. The summed E-state index contributed by atoms with van der Waals surface area (Å²) in [7, 11) is -3.72. The Balaban J connectivity index is 1.84. The molecule has 3 N–H and O–H groups in total. The van der Waals surface area contributed by atoms with Crippen molar-refractivity contribution in [2.75, 3.05) is 10.6 Å². The SMILES string of the molecule is O=C(Nc1cccc(Br)c1)C1Nc2ccccc2S(=O)(=O)N1. The van der Waals surface area contributed by atoms with Gasteiger partial charge < -0.3 is 10.6 Å². The van der Waals surface area contributed by atoms with Crippen molar-refractivity contribution in [1.29, 1.82) is 0 Å². The van der Waals surface area contributed by atoms with E-state index in [-0.39, 0.29) is 4.90 Å². The molecule has 22 heavy (non-hydrogen) atoms. The monoisotopic (exact) mass is 381 g/mol. The first-order chi connectivity index (χ1) is 10.5. The second-order valence-electron chi connectivity index (χ2n) is 4.69. The van der Waals surface area contributed by atoms with Crippen molar-refractivity contribution in [2.24, 2.45) is 0 Å². The number of rotatable bonds is 2. The van der Waals surface area contributed by atoms with Gasteiger partial charge in [-0.15, -0.1) is 0 Å². The Morgan fingerprint density at radius 2 is 1.91 bits per heavy atom. The van der Waals surface area contributed by atoms with Gasteiger partial charge in [0.2, 0.25) is 10.0 Å². The minimum Gasteiger partial charge on any atom is -0.360 e. The van der Waals surface area contributed by atoms with E-state index in [2.05, 4.69) is 31.3 Å². The second-order valence-corrected chi connectivity index (χ2v) is 7.29. The fourth-order valence-electron chi connectivity index (χ4n) is 2.12. The van der Waals surface area contributed by atoms with Crippen LogP contribution in [0.2, 0.25) is 0 Å². The Bertz CT molecular complexity index is 839. The van der Waals surface area contributed by atoms with Crippen LogP contribution >= 0.6 is 15.9 Å². The molecule has 0 spiro atoms. The predicted molar refractivity (Wildman–Crippen MR) is 86.9 cm³/mol. The first kappa shape index (κ1) is 15.0. The zero-order chi connectivity index (χ0) is 15.7. The minimum atomic E-state index is -3.72. The van der Waals surface area contributed by atoms with E-state index in [1.807, 2.05) is 6.07 Å². The molecule has 6 nitrogen and oxygen atoms in total. The van der Waals surface area contributed by atoms with Crippen LogP contribution in [-0.4, -0.2) is 20.5 Å². The molecular formula is C14H12BrN3O3S. The maximum atomic E-state index is 12.3. The fourth-order valence-corrected chi connectivity index (χ4v) is 3.80. The summed E-state index contributed by atoms with van der Waals surface area (Å²) >= 11 is 3.31. The first-order valence-corrected chi connectivity index (χ1v) is 8.68. The van der Waals surface area contributed by atoms with Crippen LogP contribution in [0.4, 0.5) is 11.4 Å². The molecule has 2 aromatic carbocycles. The molecule has 1 aliphatic heterocycles. The Kier molecular flexibility index (Phi) is 3.90. The first-order valence-electron chi connectivity index (χ1n) is 6.40. The van der Waals surface area contributed by atoms with Crippen LogP contribution in [0.25, 0.3) is 0 Å². The lowest BCUT2D eigenvalue weighted by molar-refractivity contribution is -0.117. The van der Waals surface area contributed by atoms with Gasteiger partial charge in [-0.05, 0) is 30.3 Å². The molecule has 1 amide bonds. The van der Waals surface area contributed by atoms with Gasteiger partial charge in [-0.2, -0.15) is 4.72 Å². The Morgan fingerprint density at radius 3 is 2.68 bits per heavy atom. The molecule has 0 radical (unpaired) electrons. The van der Waals surface area contributed by atoms with Gasteiger partial charge in [-0.3, -0.25) is 4.79 Å². The summed E-state index contributed by atoms with van der Waals surface area (Å²) in [6.45, 7) is 0. The minimum absolute atomic E-state index is 0.126. The average Bonchev–Trinajstić information content (AvgIpc) is 2.46. The number of benzene rings is 2. The van der Waals surface area contributed by atoms with Crippen molar-refractivity contribution in [3.8, 4) is 0 Å². The zero-order valence-electron chi connectivity index (χ0n) is 11.2. The normalized spacial score (nSPS) is 18.9. The molecule has 2 aromatic rings. The quantitative estimate of drug-likeness (QED) is 0.743. The summed E-state index contributed by atoms with van der Waals surface area (Å²) in [5.41, 5.74) is 0.967. The predicted octanol–water partition coefficient (Wildman–Crippen LogP) is 2.12. The van der Waals surface area contributed by atoms with E-state index in [1.165, 1.54) is 6.07 Å². The maximum absolute atomic E-state index is 12.3. The lowest BCUT2D eigenvalue weighted by Gasteiger charge is -2.27. The highest BCUT2D eigenvalue weighted by atomic mass is 79.9. The summed E-state index contributed by atoms with van der Waals surface area (Å²) < 4.78 is 27.4. The van der Waals surface area contributed by atoms with Gasteiger partial charge >= 0.3 is 0 Å². The van der Waals surface area contributed by atoms with Crippen molar-refractivity contribution in [3.05, 3.63) is 53.0 Å². The molecule has 1 unspecified atom stereocenters. The number of nitrogens with one attached hydrogen (secondary N) is 3. The van der Waals surface area contributed by atoms with E-state index in [0.29, 0.717) is 11.4 Å². The molecule has 1 atom stereocenters. The summed E-state index contributed by atoms with van der Waals surface area (Å²) in [5, 5.41) is 5.54. The third kappa shape index (κ3) is 2.99. The lowest BCUT2D eigenvalue weighted by Crippen LogP contribution is -2.51. The average molecular weight is 382 g/mol. The summed E-state index contributed by atoms with van der Waals surface area (Å²) in [6.07, 6.45) is -1.07. The Labute approximate surface area is 136 Å². The van der Waals surface area contributed by atoms with Crippen LogP contribution in [0.15, 0.2) is 57.9 Å². The molecule has 114 valence electrons. The molecule has 0 bridgehead atoms. The zero-order valence-corrected chi connectivity index (χ0v) is 13.6. The Hall–Kier alpha value is -1.90. The van der Waals surface area contributed by atoms with Crippen molar-refractivity contribution < 1.29 is 13.2 Å². The molecule has 0 saturated carbocycles. The van der Waals surface area contributed by atoms with Crippen molar-refractivity contribution in [2.45, 2.75) is 11.1 Å². The fraction of sp³-hybridized carbons (Fsp3) is 0.0714. The van der Waals surface area contributed by atoms with Gasteiger partial charge in [0.15, 0.2) is 6.17 Å². The van der Waals surface area contributed by atoms with Crippen LogP contribution in [0.3, 0.4) is 0 Å². The highest BCUT2D eigenvalue weighted by molar-refractivity contribution is 9.10. The van der Waals surface area contributed by atoms with E-state index in [0.717, 1.165) is 4.47 Å². The van der Waals surface area contributed by atoms with Gasteiger partial charge in [0.1, 0.15) is 4.90 Å². The molecule has 3 rings (SSSR count). The third-order valence-electron chi connectivity index (χ3n) is 3.10. The topological polar surface area (TPSA) is 87.3 Å². The van der Waals surface area contributed by atoms with E-state index >= 15 is 0 Å². The van der Waals surface area contributed by atoms with E-state index in [4.69, 9.17) is 0 Å². The molecular weight excluding hydrogens is 370 g/mol. The molecule has 8 heteroatoms. The number of halogens is 1. The van der Waals surface area contributed by atoms with Crippen molar-refractivity contribution in [1.82, 2.24) is 4.72 Å². The van der Waals surface area contributed by atoms with Gasteiger partial charge in [-0.25, -0.2) is 8.42 Å². The number of carbonyl (C=O) groups excluding carboxylic acids is 1. The van der Waals surface area contributed by atoms with Gasteiger partial charge in [0.25, 0.3) is 5.91 Å². The van der Waals surface area contributed by atoms with E-state index in [9.17, 15) is 13.2 Å². The second kappa shape index (κ2) is 5.71. The molecule has 0 aliphatic carbocycles. The highest BCUT2D eigenvalue weighted by Crippen LogP contribution is 2.25. The lowest BCUT2D eigenvalue weighted by atomic mass is 10.3. The number of hydrogen-bond donors (Lipinski definition) is 3.